The van der Waals surface area contributed by atoms with Gasteiger partial charge in [0.2, 0.25) is 0 Å². The van der Waals surface area contributed by atoms with Crippen molar-refractivity contribution in [2.24, 2.45) is 0 Å². The molecule has 1 aromatic heterocycles. The maximum absolute atomic E-state index is 9.84. The lowest BCUT2D eigenvalue weighted by molar-refractivity contribution is 0.633. The van der Waals surface area contributed by atoms with Gasteiger partial charge in [-0.25, -0.2) is 0 Å². The Morgan fingerprint density at radius 3 is 1.55 bits per heavy atom. The lowest BCUT2D eigenvalue weighted by atomic mass is 9.86. The van der Waals surface area contributed by atoms with Crippen molar-refractivity contribution in [2.45, 2.75) is 0 Å². The van der Waals surface area contributed by atoms with Crippen LogP contribution in [0, 0.1) is 0 Å². The van der Waals surface area contributed by atoms with Gasteiger partial charge in [-0.2, -0.15) is 0 Å². The molecule has 10 aromatic carbocycles. The molecule has 0 unspecified atom stereocenters. The lowest BCUT2D eigenvalue weighted by Crippen LogP contribution is -1.90. The normalized spacial score (nSPS) is 16.8. The smallest absolute Gasteiger partial charge is 0.136 e. The Morgan fingerprint density at radius 2 is 0.887 bits per heavy atom. The minimum Gasteiger partial charge on any atom is -0.456 e. The highest BCUT2D eigenvalue weighted by Gasteiger charge is 2.19. The van der Waals surface area contributed by atoms with Crippen LogP contribution in [0.5, 0.6) is 0 Å². The van der Waals surface area contributed by atoms with Crippen LogP contribution in [0.2, 0.25) is 0 Å². The topological polar surface area (TPSA) is 13.1 Å². The second-order valence-electron chi connectivity index (χ2n) is 12.5. The van der Waals surface area contributed by atoms with Crippen LogP contribution in [-0.4, -0.2) is 0 Å². The van der Waals surface area contributed by atoms with Crippen molar-refractivity contribution >= 4 is 64.8 Å². The van der Waals surface area contributed by atoms with E-state index < -0.39 is 175 Å². The van der Waals surface area contributed by atoms with E-state index in [1.54, 1.807) is 12.1 Å². The number of hydrogen-bond acceptors (Lipinski definition) is 1. The summed E-state index contributed by atoms with van der Waals surface area (Å²) >= 11 is 0. The largest absolute Gasteiger partial charge is 0.456 e. The van der Waals surface area contributed by atoms with Crippen LogP contribution < -0.4 is 0 Å². The Balaban J connectivity index is 1.27. The summed E-state index contributed by atoms with van der Waals surface area (Å²) in [6.45, 7) is 0. The van der Waals surface area contributed by atoms with Crippen LogP contribution in [0.3, 0.4) is 0 Å². The number of furan rings is 1. The molecule has 0 amide bonds. The summed E-state index contributed by atoms with van der Waals surface area (Å²) < 4.78 is 179. The maximum atomic E-state index is 9.84. The molecule has 0 spiro atoms. The van der Waals surface area contributed by atoms with Gasteiger partial charge in [0.05, 0.1) is 26.0 Å². The molecule has 0 saturated carbocycles. The SMILES string of the molecule is [2H]c1c([2H])c([2H])c2c([2H])c(-c3c4c([2H])c([2H])c([2H])c([2H])c4c(-c4c([2H])c([2H])c5c([2H])c(-c6cccc7c6ccc6c(-c8ccccc8)cccc67)c([2H])c([2H])c5c4[2H])c4c([2H])c([2H])c([2H])c([2H])c34)oc2c1[2H]. The average molecular weight is 692 g/mol. The minimum atomic E-state index is -0.855. The van der Waals surface area contributed by atoms with Gasteiger partial charge in [-0.1, -0.05) is 169 Å². The fraction of sp³-hybridized carbons (Fsp3) is 0. The van der Waals surface area contributed by atoms with Gasteiger partial charge in [0.15, 0.2) is 0 Å². The zero-order chi connectivity index (χ0) is 51.4. The van der Waals surface area contributed by atoms with Crippen molar-refractivity contribution in [3.05, 3.63) is 194 Å². The van der Waals surface area contributed by atoms with Crippen molar-refractivity contribution in [3.63, 3.8) is 0 Å². The molecule has 1 nitrogen and oxygen atoms in total. The number of hydrogen-bond donors (Lipinski definition) is 0. The molecule has 0 fully saturated rings. The first-order valence-corrected chi connectivity index (χ1v) is 16.7. The van der Waals surface area contributed by atoms with Crippen LogP contribution in [0.15, 0.2) is 198 Å². The zero-order valence-electron chi connectivity index (χ0n) is 46.4. The summed E-state index contributed by atoms with van der Waals surface area (Å²) in [5.41, 5.74) is 0.102. The van der Waals surface area contributed by atoms with Crippen molar-refractivity contribution in [1.82, 2.24) is 0 Å². The van der Waals surface area contributed by atoms with Crippen LogP contribution in [0.4, 0.5) is 0 Å². The first kappa shape index (κ1) is 16.6. The summed E-state index contributed by atoms with van der Waals surface area (Å²) in [5, 5.41) is -0.193. The highest BCUT2D eigenvalue weighted by Crippen LogP contribution is 2.45. The molecule has 246 valence electrons. The molecule has 1 heteroatoms. The van der Waals surface area contributed by atoms with Gasteiger partial charge in [0.25, 0.3) is 0 Å². The van der Waals surface area contributed by atoms with Crippen LogP contribution in [0.1, 0.15) is 26.0 Å². The van der Waals surface area contributed by atoms with Gasteiger partial charge in [-0.05, 0) is 111 Å². The summed E-state index contributed by atoms with van der Waals surface area (Å²) in [6.07, 6.45) is 0. The molecule has 0 aliphatic rings. The quantitative estimate of drug-likeness (QED) is 0.132. The molecule has 0 saturated heterocycles. The Bertz CT molecular complexity index is 4240. The summed E-state index contributed by atoms with van der Waals surface area (Å²) in [4.78, 5) is 0. The monoisotopic (exact) mass is 691 g/mol. The average Bonchev–Trinajstić information content (AvgIpc) is 3.73. The zero-order valence-corrected chi connectivity index (χ0v) is 27.4. The van der Waals surface area contributed by atoms with Gasteiger partial charge in [-0.3, -0.25) is 0 Å². The first-order chi connectivity index (χ1) is 34.2. The molecule has 0 bridgehead atoms. The van der Waals surface area contributed by atoms with Crippen molar-refractivity contribution in [1.29, 1.82) is 0 Å². The van der Waals surface area contributed by atoms with E-state index in [-0.39, 0.29) is 10.9 Å². The first-order valence-electron chi connectivity index (χ1n) is 26.2. The molecule has 11 rings (SSSR count). The van der Waals surface area contributed by atoms with E-state index in [0.717, 1.165) is 27.3 Å². The molecule has 0 aliphatic carbocycles. The molecule has 53 heavy (non-hydrogen) atoms. The highest BCUT2D eigenvalue weighted by atomic mass is 16.3. The Hall–Kier alpha value is -6.96. The molecule has 1 heterocycles. The van der Waals surface area contributed by atoms with Crippen molar-refractivity contribution in [2.75, 3.05) is 0 Å². The van der Waals surface area contributed by atoms with E-state index in [1.807, 2.05) is 66.7 Å². The van der Waals surface area contributed by atoms with E-state index in [0.29, 0.717) is 10.9 Å². The van der Waals surface area contributed by atoms with E-state index in [1.165, 1.54) is 0 Å². The number of fused-ring (bicyclic) bond motifs is 7. The fourth-order valence-electron chi connectivity index (χ4n) is 7.27. The Morgan fingerprint density at radius 1 is 0.340 bits per heavy atom. The van der Waals surface area contributed by atoms with Gasteiger partial charge in [0.1, 0.15) is 11.3 Å². The van der Waals surface area contributed by atoms with E-state index >= 15 is 0 Å². The second-order valence-corrected chi connectivity index (χ2v) is 12.5. The van der Waals surface area contributed by atoms with Crippen molar-refractivity contribution < 1.29 is 30.5 Å². The predicted octanol–water partition coefficient (Wildman–Crippen LogP) is 14.9. The van der Waals surface area contributed by atoms with Gasteiger partial charge < -0.3 is 4.42 Å². The van der Waals surface area contributed by atoms with E-state index in [2.05, 4.69) is 0 Å². The van der Waals surface area contributed by atoms with Crippen LogP contribution in [-0.2, 0) is 0 Å². The molecule has 0 radical (unpaired) electrons. The summed E-state index contributed by atoms with van der Waals surface area (Å²) in [5.74, 6) is -0.637. The summed E-state index contributed by atoms with van der Waals surface area (Å²) in [7, 11) is 0. The van der Waals surface area contributed by atoms with Gasteiger partial charge in [-0.15, -0.1) is 0 Å². The standard InChI is InChI=1S/C52H32O/c1-2-12-33(13-3-1)39-19-10-21-41-42-22-11-20-40(44(42)29-28-43(39)41)36-26-24-35-31-38(27-25-34(35)30-36)51-45-15-5-7-17-47(45)52(48-18-8-6-16-46(48)51)50-32-37-14-4-9-23-49(37)53-50/h1-32H/i4D,5D,6D,7D,8D,9D,14D,15D,16D,17D,18D,23D,24D,25D,26D,27D,30D,31D,32D. The third kappa shape index (κ3) is 4.71. The number of para-hydroxylation sites is 1. The van der Waals surface area contributed by atoms with Crippen LogP contribution >= 0.6 is 0 Å². The second kappa shape index (κ2) is 11.8. The maximum Gasteiger partial charge on any atom is 0.136 e. The van der Waals surface area contributed by atoms with Gasteiger partial charge >= 0.3 is 0 Å². The lowest BCUT2D eigenvalue weighted by Gasteiger charge is -2.17. The van der Waals surface area contributed by atoms with Gasteiger partial charge in [0, 0.05) is 10.9 Å². The molecule has 0 aliphatic heterocycles. The van der Waals surface area contributed by atoms with E-state index in [4.69, 9.17) is 15.4 Å². The third-order valence-corrected chi connectivity index (χ3v) is 9.60. The highest BCUT2D eigenvalue weighted by molar-refractivity contribution is 6.22. The number of benzene rings is 10. The third-order valence-electron chi connectivity index (χ3n) is 9.60. The fourth-order valence-corrected chi connectivity index (χ4v) is 7.27. The minimum absolute atomic E-state index is 0.0565. The molecule has 0 atom stereocenters. The Kier molecular flexibility index (Phi) is 3.69. The molecule has 0 N–H and O–H groups in total. The summed E-state index contributed by atoms with van der Waals surface area (Å²) in [6, 6.07) is 10.8. The Labute approximate surface area is 333 Å². The number of rotatable bonds is 4. The van der Waals surface area contributed by atoms with Crippen LogP contribution in [0.25, 0.3) is 110 Å². The predicted molar refractivity (Wildman–Crippen MR) is 225 cm³/mol. The van der Waals surface area contributed by atoms with Crippen molar-refractivity contribution in [3.8, 4) is 44.7 Å². The molecular weight excluding hydrogens is 641 g/mol. The van der Waals surface area contributed by atoms with E-state index in [9.17, 15) is 15.1 Å². The molecule has 11 aromatic rings. The molecular formula is C52H32O.